The maximum atomic E-state index is 4.89. The predicted octanol–water partition coefficient (Wildman–Crippen LogP) is 3.06. The van der Waals surface area contributed by atoms with E-state index in [9.17, 15) is 0 Å². The molecule has 3 nitrogen and oxygen atoms in total. The summed E-state index contributed by atoms with van der Waals surface area (Å²) in [5.74, 6) is 1.93. The Morgan fingerprint density at radius 2 is 1.89 bits per heavy atom. The lowest BCUT2D eigenvalue weighted by Gasteiger charge is -2.22. The van der Waals surface area contributed by atoms with Gasteiger partial charge in [-0.1, -0.05) is 19.3 Å². The highest BCUT2D eigenvalue weighted by Gasteiger charge is 2.23. The smallest absolute Gasteiger partial charge is 0.108 e. The zero-order valence-electron chi connectivity index (χ0n) is 11.5. The molecule has 3 rings (SSSR count). The molecule has 100 valence electrons. The zero-order chi connectivity index (χ0) is 12.4. The Kier molecular flexibility index (Phi) is 3.69. The van der Waals surface area contributed by atoms with E-state index >= 15 is 0 Å². The summed E-state index contributed by atoms with van der Waals surface area (Å²) in [6.45, 7) is 3.37. The molecule has 1 aliphatic heterocycles. The molecule has 0 aromatic carbocycles. The van der Waals surface area contributed by atoms with Gasteiger partial charge in [-0.05, 0) is 39.2 Å². The summed E-state index contributed by atoms with van der Waals surface area (Å²) in [4.78, 5) is 8.41. The van der Waals surface area contributed by atoms with Gasteiger partial charge in [0.1, 0.15) is 5.82 Å². The molecule has 0 radical (unpaired) electrons. The average molecular weight is 247 g/mol. The monoisotopic (exact) mass is 247 g/mol. The fraction of sp³-hybridized carbons (Fsp3) is 0.800. The molecule has 18 heavy (non-hydrogen) atoms. The van der Waals surface area contributed by atoms with Gasteiger partial charge in [0, 0.05) is 24.1 Å². The van der Waals surface area contributed by atoms with Crippen LogP contribution in [0.2, 0.25) is 0 Å². The van der Waals surface area contributed by atoms with E-state index in [0.29, 0.717) is 6.04 Å². The minimum atomic E-state index is 0.640. The molecule has 1 saturated heterocycles. The number of imidazole rings is 1. The molecule has 1 atom stereocenters. The zero-order valence-corrected chi connectivity index (χ0v) is 11.5. The number of piperidine rings is 1. The number of aryl methyl sites for hydroxylation is 1. The van der Waals surface area contributed by atoms with E-state index < -0.39 is 0 Å². The Labute approximate surface area is 110 Å². The highest BCUT2D eigenvalue weighted by molar-refractivity contribution is 5.19. The van der Waals surface area contributed by atoms with Crippen molar-refractivity contribution in [2.75, 3.05) is 6.54 Å². The molecule has 0 spiro atoms. The maximum Gasteiger partial charge on any atom is 0.108 e. The molecule has 2 aliphatic rings. The first-order chi connectivity index (χ1) is 8.83. The van der Waals surface area contributed by atoms with Gasteiger partial charge in [-0.2, -0.15) is 0 Å². The Bertz CT molecular complexity index is 384. The van der Waals surface area contributed by atoms with Crippen LogP contribution in [0.5, 0.6) is 0 Å². The maximum absolute atomic E-state index is 4.89. The van der Waals surface area contributed by atoms with Crippen LogP contribution in [-0.2, 0) is 6.42 Å². The minimum Gasteiger partial charge on any atom is -0.346 e. The van der Waals surface area contributed by atoms with E-state index in [4.69, 9.17) is 4.98 Å². The fourth-order valence-electron chi connectivity index (χ4n) is 3.56. The summed E-state index contributed by atoms with van der Waals surface area (Å²) in [6.07, 6.45) is 10.5. The van der Waals surface area contributed by atoms with Crippen molar-refractivity contribution in [3.63, 3.8) is 0 Å². The molecule has 1 aliphatic carbocycles. The normalized spacial score (nSPS) is 25.7. The SMILES string of the molecule is Cc1[nH]c(CC2CCCCN2)nc1C1CCCC1. The van der Waals surface area contributed by atoms with Crippen molar-refractivity contribution in [3.8, 4) is 0 Å². The van der Waals surface area contributed by atoms with E-state index in [2.05, 4.69) is 17.2 Å². The van der Waals surface area contributed by atoms with Crippen molar-refractivity contribution in [3.05, 3.63) is 17.2 Å². The van der Waals surface area contributed by atoms with Gasteiger partial charge in [-0.25, -0.2) is 4.98 Å². The van der Waals surface area contributed by atoms with Crippen molar-refractivity contribution in [2.24, 2.45) is 0 Å². The topological polar surface area (TPSA) is 40.7 Å². The number of aromatic nitrogens is 2. The van der Waals surface area contributed by atoms with E-state index in [-0.39, 0.29) is 0 Å². The molecule has 2 N–H and O–H groups in total. The number of nitrogens with zero attached hydrogens (tertiary/aromatic N) is 1. The number of hydrogen-bond donors (Lipinski definition) is 2. The third-order valence-corrected chi connectivity index (χ3v) is 4.57. The summed E-state index contributed by atoms with van der Waals surface area (Å²) in [5, 5.41) is 3.61. The van der Waals surface area contributed by atoms with Gasteiger partial charge in [0.2, 0.25) is 0 Å². The molecule has 1 aromatic rings. The fourth-order valence-corrected chi connectivity index (χ4v) is 3.56. The quantitative estimate of drug-likeness (QED) is 0.862. The van der Waals surface area contributed by atoms with Crippen LogP contribution < -0.4 is 5.32 Å². The van der Waals surface area contributed by atoms with Gasteiger partial charge in [-0.15, -0.1) is 0 Å². The number of aromatic amines is 1. The van der Waals surface area contributed by atoms with E-state index in [1.807, 2.05) is 0 Å². The molecule has 0 amide bonds. The summed E-state index contributed by atoms with van der Waals surface area (Å²) >= 11 is 0. The van der Waals surface area contributed by atoms with E-state index in [1.165, 1.54) is 68.7 Å². The first-order valence-electron chi connectivity index (χ1n) is 7.61. The van der Waals surface area contributed by atoms with Gasteiger partial charge in [0.15, 0.2) is 0 Å². The Morgan fingerprint density at radius 3 is 2.61 bits per heavy atom. The first-order valence-corrected chi connectivity index (χ1v) is 7.61. The van der Waals surface area contributed by atoms with Crippen molar-refractivity contribution in [2.45, 2.75) is 70.3 Å². The van der Waals surface area contributed by atoms with Crippen LogP contribution in [-0.4, -0.2) is 22.6 Å². The number of rotatable bonds is 3. The van der Waals surface area contributed by atoms with E-state index in [1.54, 1.807) is 0 Å². The lowest BCUT2D eigenvalue weighted by molar-refractivity contribution is 0.395. The van der Waals surface area contributed by atoms with Crippen LogP contribution >= 0.6 is 0 Å². The second-order valence-electron chi connectivity index (χ2n) is 6.03. The summed E-state index contributed by atoms with van der Waals surface area (Å²) < 4.78 is 0. The van der Waals surface area contributed by atoms with Crippen molar-refractivity contribution in [1.82, 2.24) is 15.3 Å². The van der Waals surface area contributed by atoms with Crippen LogP contribution in [0.15, 0.2) is 0 Å². The largest absolute Gasteiger partial charge is 0.346 e. The Morgan fingerprint density at radius 1 is 1.11 bits per heavy atom. The second-order valence-corrected chi connectivity index (χ2v) is 6.03. The molecule has 1 unspecified atom stereocenters. The third-order valence-electron chi connectivity index (χ3n) is 4.57. The molecule has 1 aromatic heterocycles. The molecule has 2 heterocycles. The second kappa shape index (κ2) is 5.43. The molecule has 2 fully saturated rings. The molecule has 0 bridgehead atoms. The number of H-pyrrole nitrogens is 1. The minimum absolute atomic E-state index is 0.640. The summed E-state index contributed by atoms with van der Waals surface area (Å²) in [5.41, 5.74) is 2.67. The lowest BCUT2D eigenvalue weighted by atomic mass is 10.0. The predicted molar refractivity (Wildman–Crippen MR) is 73.9 cm³/mol. The molecule has 1 saturated carbocycles. The first kappa shape index (κ1) is 12.2. The van der Waals surface area contributed by atoms with Crippen molar-refractivity contribution < 1.29 is 0 Å². The standard InChI is InChI=1S/C15H25N3/c1-11-15(12-6-2-3-7-12)18-14(17-11)10-13-8-4-5-9-16-13/h12-13,16H,2-10H2,1H3,(H,17,18). The Balaban J connectivity index is 1.67. The van der Waals surface area contributed by atoms with Crippen LogP contribution in [0, 0.1) is 6.92 Å². The lowest BCUT2D eigenvalue weighted by Crippen LogP contribution is -2.35. The summed E-state index contributed by atoms with van der Waals surface area (Å²) in [7, 11) is 0. The van der Waals surface area contributed by atoms with Crippen LogP contribution in [0.1, 0.15) is 68.1 Å². The van der Waals surface area contributed by atoms with E-state index in [0.717, 1.165) is 12.3 Å². The van der Waals surface area contributed by atoms with Gasteiger partial charge in [-0.3, -0.25) is 0 Å². The average Bonchev–Trinajstić information content (AvgIpc) is 3.00. The van der Waals surface area contributed by atoms with Crippen molar-refractivity contribution in [1.29, 1.82) is 0 Å². The van der Waals surface area contributed by atoms with Crippen LogP contribution in [0.4, 0.5) is 0 Å². The van der Waals surface area contributed by atoms with Crippen LogP contribution in [0.3, 0.4) is 0 Å². The molecular formula is C15H25N3. The highest BCUT2D eigenvalue weighted by atomic mass is 15.0. The summed E-state index contributed by atoms with van der Waals surface area (Å²) in [6, 6.07) is 0.640. The van der Waals surface area contributed by atoms with Gasteiger partial charge >= 0.3 is 0 Å². The highest BCUT2D eigenvalue weighted by Crippen LogP contribution is 2.34. The molecular weight excluding hydrogens is 222 g/mol. The van der Waals surface area contributed by atoms with Crippen molar-refractivity contribution >= 4 is 0 Å². The molecule has 3 heteroatoms. The van der Waals surface area contributed by atoms with Gasteiger partial charge in [0.05, 0.1) is 5.69 Å². The van der Waals surface area contributed by atoms with Crippen LogP contribution in [0.25, 0.3) is 0 Å². The van der Waals surface area contributed by atoms with Gasteiger partial charge < -0.3 is 10.3 Å². The van der Waals surface area contributed by atoms with Gasteiger partial charge in [0.25, 0.3) is 0 Å². The third kappa shape index (κ3) is 2.61. The number of hydrogen-bond acceptors (Lipinski definition) is 2. The Hall–Kier alpha value is -0.830. The number of nitrogens with one attached hydrogen (secondary N) is 2.